The summed E-state index contributed by atoms with van der Waals surface area (Å²) >= 11 is 0. The minimum absolute atomic E-state index is 0.198. The molecule has 0 aliphatic heterocycles. The van der Waals surface area contributed by atoms with Crippen LogP contribution in [0.15, 0.2) is 115 Å². The van der Waals surface area contributed by atoms with Gasteiger partial charge in [0.2, 0.25) is 0 Å². The zero-order chi connectivity index (χ0) is 23.6. The number of anilines is 4. The Kier molecular flexibility index (Phi) is 7.54. The number of amides is 3. The van der Waals surface area contributed by atoms with Crippen LogP contribution in [-0.4, -0.2) is 25.0 Å². The number of hydrogen-bond acceptors (Lipinski definition) is 3. The van der Waals surface area contributed by atoms with E-state index in [0.717, 1.165) is 17.1 Å². The highest BCUT2D eigenvalue weighted by Gasteiger charge is 2.16. The molecule has 0 atom stereocenters. The van der Waals surface area contributed by atoms with Crippen LogP contribution in [0.2, 0.25) is 0 Å². The van der Waals surface area contributed by atoms with Gasteiger partial charge in [-0.05, 0) is 48.5 Å². The van der Waals surface area contributed by atoms with E-state index in [-0.39, 0.29) is 11.9 Å². The third kappa shape index (κ3) is 6.01. The summed E-state index contributed by atoms with van der Waals surface area (Å²) in [4.78, 5) is 27.6. The zero-order valence-electron chi connectivity index (χ0n) is 18.6. The average Bonchev–Trinajstić information content (AvgIpc) is 2.88. The van der Waals surface area contributed by atoms with Crippen molar-refractivity contribution in [2.45, 2.75) is 0 Å². The van der Waals surface area contributed by atoms with Crippen LogP contribution >= 0.6 is 0 Å². The number of carbonyl (C=O) groups excluding carboxylic acids is 2. The van der Waals surface area contributed by atoms with Crippen molar-refractivity contribution in [1.82, 2.24) is 0 Å². The van der Waals surface area contributed by atoms with Crippen LogP contribution in [0.25, 0.3) is 0 Å². The predicted molar refractivity (Wildman–Crippen MR) is 139 cm³/mol. The third-order valence-electron chi connectivity index (χ3n) is 5.19. The van der Waals surface area contributed by atoms with Gasteiger partial charge in [-0.1, -0.05) is 66.7 Å². The van der Waals surface area contributed by atoms with E-state index in [2.05, 4.69) is 16.0 Å². The van der Waals surface area contributed by atoms with Gasteiger partial charge in [-0.15, -0.1) is 0 Å². The van der Waals surface area contributed by atoms with Crippen molar-refractivity contribution < 1.29 is 9.59 Å². The van der Waals surface area contributed by atoms with Gasteiger partial charge < -0.3 is 16.0 Å². The molecule has 0 aliphatic carbocycles. The number of urea groups is 1. The number of para-hydroxylation sites is 4. The lowest BCUT2D eigenvalue weighted by molar-refractivity contribution is 0.102. The van der Waals surface area contributed by atoms with Crippen LogP contribution < -0.4 is 20.9 Å². The lowest BCUT2D eigenvalue weighted by atomic mass is 10.1. The summed E-state index contributed by atoms with van der Waals surface area (Å²) in [5, 5.41) is 9.17. The lowest BCUT2D eigenvalue weighted by Gasteiger charge is -2.24. The molecule has 0 fully saturated rings. The fourth-order valence-corrected chi connectivity index (χ4v) is 3.53. The van der Waals surface area contributed by atoms with E-state index in [1.807, 2.05) is 109 Å². The monoisotopic (exact) mass is 450 g/mol. The molecule has 6 heteroatoms. The van der Waals surface area contributed by atoms with Gasteiger partial charge in [-0.2, -0.15) is 0 Å². The molecule has 4 aromatic carbocycles. The highest BCUT2D eigenvalue weighted by molar-refractivity contribution is 6.08. The standard InChI is InChI=1S/C28H26N4O2/c33-27(30-22-12-4-1-5-13-22)25-18-10-11-19-26(25)29-20-21-32(24-16-8-3-9-17-24)28(34)31-23-14-6-2-7-15-23/h1-19,29H,20-21H2,(H,30,33)(H,31,34). The van der Waals surface area contributed by atoms with Gasteiger partial charge in [-0.25, -0.2) is 4.79 Å². The van der Waals surface area contributed by atoms with E-state index in [9.17, 15) is 9.59 Å². The molecule has 0 saturated carbocycles. The first-order valence-corrected chi connectivity index (χ1v) is 11.1. The van der Waals surface area contributed by atoms with Crippen LogP contribution in [0.3, 0.4) is 0 Å². The Morgan fingerprint density at radius 1 is 0.618 bits per heavy atom. The van der Waals surface area contributed by atoms with E-state index < -0.39 is 0 Å². The quantitative estimate of drug-likeness (QED) is 0.304. The number of nitrogens with one attached hydrogen (secondary N) is 3. The second-order valence-corrected chi connectivity index (χ2v) is 7.58. The molecular weight excluding hydrogens is 424 g/mol. The number of rotatable bonds is 8. The van der Waals surface area contributed by atoms with Crippen molar-refractivity contribution in [3.8, 4) is 0 Å². The van der Waals surface area contributed by atoms with E-state index >= 15 is 0 Å². The van der Waals surface area contributed by atoms with Crippen molar-refractivity contribution in [2.75, 3.05) is 33.9 Å². The molecule has 4 rings (SSSR count). The average molecular weight is 451 g/mol. The predicted octanol–water partition coefficient (Wildman–Crippen LogP) is 6.09. The first-order chi connectivity index (χ1) is 16.7. The molecule has 6 nitrogen and oxygen atoms in total. The molecule has 0 aliphatic rings. The fourth-order valence-electron chi connectivity index (χ4n) is 3.53. The van der Waals surface area contributed by atoms with Crippen LogP contribution in [0.1, 0.15) is 10.4 Å². The van der Waals surface area contributed by atoms with Crippen molar-refractivity contribution in [1.29, 1.82) is 0 Å². The molecule has 0 aromatic heterocycles. The van der Waals surface area contributed by atoms with Gasteiger partial charge >= 0.3 is 6.03 Å². The maximum Gasteiger partial charge on any atom is 0.326 e. The van der Waals surface area contributed by atoms with Gasteiger partial charge in [0.05, 0.1) is 5.56 Å². The number of benzene rings is 4. The summed E-state index contributed by atoms with van der Waals surface area (Å²) < 4.78 is 0. The molecule has 3 amide bonds. The Balaban J connectivity index is 1.44. The molecule has 3 N–H and O–H groups in total. The van der Waals surface area contributed by atoms with Crippen molar-refractivity contribution in [2.24, 2.45) is 0 Å². The molecule has 0 saturated heterocycles. The Labute approximate surface area is 199 Å². The van der Waals surface area contributed by atoms with Gasteiger partial charge in [0.15, 0.2) is 0 Å². The maximum absolute atomic E-state index is 13.1. The topological polar surface area (TPSA) is 73.5 Å². The smallest absolute Gasteiger partial charge is 0.326 e. The highest BCUT2D eigenvalue weighted by atomic mass is 16.2. The largest absolute Gasteiger partial charge is 0.383 e. The highest BCUT2D eigenvalue weighted by Crippen LogP contribution is 2.19. The summed E-state index contributed by atoms with van der Waals surface area (Å²) in [7, 11) is 0. The normalized spacial score (nSPS) is 10.2. The fraction of sp³-hybridized carbons (Fsp3) is 0.0714. The lowest BCUT2D eigenvalue weighted by Crippen LogP contribution is -2.38. The summed E-state index contributed by atoms with van der Waals surface area (Å²) in [6, 6.07) is 35.3. The Hall–Kier alpha value is -4.58. The molecule has 0 heterocycles. The second-order valence-electron chi connectivity index (χ2n) is 7.58. The zero-order valence-corrected chi connectivity index (χ0v) is 18.6. The maximum atomic E-state index is 13.1. The summed E-state index contributed by atoms with van der Waals surface area (Å²) in [5.41, 5.74) is 3.48. The molecule has 0 unspecified atom stereocenters. The van der Waals surface area contributed by atoms with Crippen molar-refractivity contribution in [3.63, 3.8) is 0 Å². The van der Waals surface area contributed by atoms with Crippen LogP contribution in [-0.2, 0) is 0 Å². The molecule has 4 aromatic rings. The first-order valence-electron chi connectivity index (χ1n) is 11.1. The summed E-state index contributed by atoms with van der Waals surface area (Å²) in [6.45, 7) is 0.851. The Morgan fingerprint density at radius 3 is 1.79 bits per heavy atom. The molecule has 0 bridgehead atoms. The minimum Gasteiger partial charge on any atom is -0.383 e. The summed E-state index contributed by atoms with van der Waals surface area (Å²) in [5.74, 6) is -0.198. The molecular formula is C28H26N4O2. The van der Waals surface area contributed by atoms with Gasteiger partial charge in [0.1, 0.15) is 0 Å². The number of nitrogens with zero attached hydrogens (tertiary/aromatic N) is 1. The number of hydrogen-bond donors (Lipinski definition) is 3. The SMILES string of the molecule is O=C(Nc1ccccc1)c1ccccc1NCCN(C(=O)Nc1ccccc1)c1ccccc1. The summed E-state index contributed by atoms with van der Waals surface area (Å²) in [6.07, 6.45) is 0. The molecule has 34 heavy (non-hydrogen) atoms. The van der Waals surface area contributed by atoms with Crippen LogP contribution in [0, 0.1) is 0 Å². The molecule has 170 valence electrons. The molecule has 0 spiro atoms. The van der Waals surface area contributed by atoms with Crippen molar-refractivity contribution >= 4 is 34.7 Å². The van der Waals surface area contributed by atoms with E-state index in [1.165, 1.54) is 0 Å². The van der Waals surface area contributed by atoms with Crippen molar-refractivity contribution in [3.05, 3.63) is 121 Å². The Bertz CT molecular complexity index is 1210. The number of carbonyl (C=O) groups is 2. The van der Waals surface area contributed by atoms with Crippen LogP contribution in [0.4, 0.5) is 27.5 Å². The van der Waals surface area contributed by atoms with Crippen LogP contribution in [0.5, 0.6) is 0 Å². The molecule has 0 radical (unpaired) electrons. The minimum atomic E-state index is -0.227. The first kappa shape index (κ1) is 22.6. The van der Waals surface area contributed by atoms with Gasteiger partial charge in [-0.3, -0.25) is 9.69 Å². The third-order valence-corrected chi connectivity index (χ3v) is 5.19. The van der Waals surface area contributed by atoms with E-state index in [4.69, 9.17) is 0 Å². The van der Waals surface area contributed by atoms with E-state index in [0.29, 0.717) is 24.3 Å². The van der Waals surface area contributed by atoms with Gasteiger partial charge in [0.25, 0.3) is 5.91 Å². The van der Waals surface area contributed by atoms with Gasteiger partial charge in [0, 0.05) is 35.8 Å². The second kappa shape index (κ2) is 11.3. The Morgan fingerprint density at radius 2 is 1.15 bits per heavy atom. The van der Waals surface area contributed by atoms with E-state index in [1.54, 1.807) is 11.0 Å².